The highest BCUT2D eigenvalue weighted by molar-refractivity contribution is 6.35. The number of hydrogen-bond donors (Lipinski definition) is 2. The van der Waals surface area contributed by atoms with Gasteiger partial charge in [-0.1, -0.05) is 6.07 Å². The van der Waals surface area contributed by atoms with Crippen LogP contribution < -0.4 is 20.1 Å². The first kappa shape index (κ1) is 15.8. The third kappa shape index (κ3) is 3.88. The lowest BCUT2D eigenvalue weighted by Gasteiger charge is -2.16. The van der Waals surface area contributed by atoms with Gasteiger partial charge < -0.3 is 20.1 Å². The second kappa shape index (κ2) is 7.37. The van der Waals surface area contributed by atoms with Crippen molar-refractivity contribution in [1.29, 1.82) is 0 Å². The number of ether oxygens (including phenoxy) is 2. The van der Waals surface area contributed by atoms with Crippen molar-refractivity contribution in [2.45, 2.75) is 19.9 Å². The summed E-state index contributed by atoms with van der Waals surface area (Å²) < 4.78 is 10.3. The largest absolute Gasteiger partial charge is 0.493 e. The van der Waals surface area contributed by atoms with E-state index >= 15 is 0 Å². The first-order valence-corrected chi connectivity index (χ1v) is 6.34. The minimum Gasteiger partial charge on any atom is -0.493 e. The molecular weight excluding hydrogens is 260 g/mol. The quantitative estimate of drug-likeness (QED) is 0.789. The molecule has 1 unspecified atom stereocenters. The number of benzene rings is 1. The van der Waals surface area contributed by atoms with E-state index in [2.05, 4.69) is 10.6 Å². The molecule has 0 bridgehead atoms. The van der Waals surface area contributed by atoms with Gasteiger partial charge in [0.2, 0.25) is 0 Å². The van der Waals surface area contributed by atoms with Crippen molar-refractivity contribution in [2.75, 3.05) is 20.8 Å². The molecule has 0 spiro atoms. The Balaban J connectivity index is 2.79. The summed E-state index contributed by atoms with van der Waals surface area (Å²) in [6, 6.07) is 5.01. The van der Waals surface area contributed by atoms with E-state index in [0.29, 0.717) is 18.0 Å². The van der Waals surface area contributed by atoms with Crippen LogP contribution in [0.4, 0.5) is 0 Å². The van der Waals surface area contributed by atoms with E-state index in [1.807, 2.05) is 6.07 Å². The van der Waals surface area contributed by atoms with Crippen LogP contribution >= 0.6 is 0 Å². The first-order valence-electron chi connectivity index (χ1n) is 6.34. The molecule has 0 saturated carbocycles. The zero-order valence-corrected chi connectivity index (χ0v) is 12.1. The molecule has 6 nitrogen and oxygen atoms in total. The predicted octanol–water partition coefficient (Wildman–Crippen LogP) is 1.02. The van der Waals surface area contributed by atoms with Crippen molar-refractivity contribution in [1.82, 2.24) is 10.6 Å². The highest BCUT2D eigenvalue weighted by Crippen LogP contribution is 2.29. The van der Waals surface area contributed by atoms with Gasteiger partial charge in [0.05, 0.1) is 20.3 Å². The van der Waals surface area contributed by atoms with E-state index in [-0.39, 0.29) is 6.04 Å². The molecule has 0 aromatic heterocycles. The van der Waals surface area contributed by atoms with E-state index in [0.717, 1.165) is 5.56 Å². The average molecular weight is 280 g/mol. The zero-order valence-electron chi connectivity index (χ0n) is 12.1. The molecule has 2 amide bonds. The Kier molecular flexibility index (Phi) is 5.83. The third-order valence-corrected chi connectivity index (χ3v) is 2.80. The summed E-state index contributed by atoms with van der Waals surface area (Å²) in [4.78, 5) is 23.0. The van der Waals surface area contributed by atoms with Gasteiger partial charge in [-0.3, -0.25) is 9.59 Å². The number of carbonyl (C=O) groups is 2. The number of nitrogens with one attached hydrogen (secondary N) is 2. The Hall–Kier alpha value is -2.24. The van der Waals surface area contributed by atoms with Crippen molar-refractivity contribution in [3.05, 3.63) is 23.8 Å². The normalized spacial score (nSPS) is 11.4. The molecule has 0 radical (unpaired) electrons. The molecule has 1 aromatic carbocycles. The zero-order chi connectivity index (χ0) is 15.1. The van der Waals surface area contributed by atoms with Crippen LogP contribution in [-0.2, 0) is 9.59 Å². The maximum absolute atomic E-state index is 11.6. The second-order valence-electron chi connectivity index (χ2n) is 4.17. The van der Waals surface area contributed by atoms with Gasteiger partial charge in [0.25, 0.3) is 0 Å². The lowest BCUT2D eigenvalue weighted by molar-refractivity contribution is -0.139. The van der Waals surface area contributed by atoms with Gasteiger partial charge in [0.15, 0.2) is 11.5 Å². The minimum atomic E-state index is -0.658. The summed E-state index contributed by atoms with van der Waals surface area (Å²) in [5.74, 6) is -0.114. The fourth-order valence-corrected chi connectivity index (χ4v) is 1.71. The van der Waals surface area contributed by atoms with Crippen LogP contribution in [0, 0.1) is 0 Å². The summed E-state index contributed by atoms with van der Waals surface area (Å²) in [6.45, 7) is 3.96. The molecule has 1 rings (SSSR count). The van der Waals surface area contributed by atoms with Crippen molar-refractivity contribution >= 4 is 11.8 Å². The molecule has 0 aliphatic rings. The summed E-state index contributed by atoms with van der Waals surface area (Å²) in [5.41, 5.74) is 0.820. The van der Waals surface area contributed by atoms with E-state index in [1.54, 1.807) is 40.2 Å². The van der Waals surface area contributed by atoms with Gasteiger partial charge in [-0.05, 0) is 31.5 Å². The fourth-order valence-electron chi connectivity index (χ4n) is 1.71. The molecule has 0 heterocycles. The summed E-state index contributed by atoms with van der Waals surface area (Å²) >= 11 is 0. The van der Waals surface area contributed by atoms with E-state index in [9.17, 15) is 9.59 Å². The molecule has 1 aromatic rings. The number of methoxy groups -OCH3 is 2. The van der Waals surface area contributed by atoms with E-state index in [1.165, 1.54) is 0 Å². The van der Waals surface area contributed by atoms with Crippen molar-refractivity contribution in [3.63, 3.8) is 0 Å². The van der Waals surface area contributed by atoms with Gasteiger partial charge in [-0.15, -0.1) is 0 Å². The molecule has 110 valence electrons. The van der Waals surface area contributed by atoms with Crippen LogP contribution in [-0.4, -0.2) is 32.6 Å². The molecule has 6 heteroatoms. The Bertz CT molecular complexity index is 488. The molecule has 2 N–H and O–H groups in total. The predicted molar refractivity (Wildman–Crippen MR) is 74.8 cm³/mol. The molecule has 0 aliphatic heterocycles. The Labute approximate surface area is 118 Å². The fraction of sp³-hybridized carbons (Fsp3) is 0.429. The molecule has 0 aliphatic carbocycles. The number of hydrogen-bond acceptors (Lipinski definition) is 4. The highest BCUT2D eigenvalue weighted by Gasteiger charge is 2.17. The third-order valence-electron chi connectivity index (χ3n) is 2.80. The standard InChI is InChI=1S/C14H20N2O4/c1-5-15-13(17)14(18)16-9(2)10-6-7-11(19-3)12(8-10)20-4/h6-9H,5H2,1-4H3,(H,15,17)(H,16,18). The van der Waals surface area contributed by atoms with Crippen molar-refractivity contribution < 1.29 is 19.1 Å². The minimum absolute atomic E-state index is 0.315. The summed E-state index contributed by atoms with van der Waals surface area (Å²) in [5, 5.41) is 5.07. The van der Waals surface area contributed by atoms with E-state index in [4.69, 9.17) is 9.47 Å². The first-order chi connectivity index (χ1) is 9.53. The van der Waals surface area contributed by atoms with Crippen molar-refractivity contribution in [3.8, 4) is 11.5 Å². The summed E-state index contributed by atoms with van der Waals surface area (Å²) in [6.07, 6.45) is 0. The molecule has 1 atom stereocenters. The second-order valence-corrected chi connectivity index (χ2v) is 4.17. The van der Waals surface area contributed by atoms with E-state index < -0.39 is 11.8 Å². The number of rotatable bonds is 5. The molecule has 0 saturated heterocycles. The van der Waals surface area contributed by atoms with Crippen LogP contribution in [0.1, 0.15) is 25.5 Å². The van der Waals surface area contributed by atoms with Crippen molar-refractivity contribution in [2.24, 2.45) is 0 Å². The Morgan fingerprint density at radius 2 is 1.80 bits per heavy atom. The lowest BCUT2D eigenvalue weighted by atomic mass is 10.1. The average Bonchev–Trinajstić information content (AvgIpc) is 2.46. The topological polar surface area (TPSA) is 76.7 Å². The molecule has 20 heavy (non-hydrogen) atoms. The van der Waals surface area contributed by atoms with Gasteiger partial charge in [-0.2, -0.15) is 0 Å². The Morgan fingerprint density at radius 1 is 1.15 bits per heavy atom. The highest BCUT2D eigenvalue weighted by atomic mass is 16.5. The van der Waals surface area contributed by atoms with Crippen LogP contribution in [0.3, 0.4) is 0 Å². The molecular formula is C14H20N2O4. The van der Waals surface area contributed by atoms with Crippen LogP contribution in [0.25, 0.3) is 0 Å². The SMILES string of the molecule is CCNC(=O)C(=O)NC(C)c1ccc(OC)c(OC)c1. The number of likely N-dealkylation sites (N-methyl/N-ethyl adjacent to an activating group) is 1. The smallest absolute Gasteiger partial charge is 0.309 e. The summed E-state index contributed by atoms with van der Waals surface area (Å²) in [7, 11) is 3.09. The maximum Gasteiger partial charge on any atom is 0.309 e. The Morgan fingerprint density at radius 3 is 2.35 bits per heavy atom. The van der Waals surface area contributed by atoms with Crippen LogP contribution in [0.15, 0.2) is 18.2 Å². The lowest BCUT2D eigenvalue weighted by Crippen LogP contribution is -2.40. The van der Waals surface area contributed by atoms with Gasteiger partial charge >= 0.3 is 11.8 Å². The van der Waals surface area contributed by atoms with Gasteiger partial charge in [-0.25, -0.2) is 0 Å². The van der Waals surface area contributed by atoms with Gasteiger partial charge in [0, 0.05) is 6.54 Å². The maximum atomic E-state index is 11.6. The monoisotopic (exact) mass is 280 g/mol. The number of amides is 2. The number of carbonyl (C=O) groups excluding carboxylic acids is 2. The van der Waals surface area contributed by atoms with Crippen LogP contribution in [0.5, 0.6) is 11.5 Å². The van der Waals surface area contributed by atoms with Gasteiger partial charge in [0.1, 0.15) is 0 Å². The van der Waals surface area contributed by atoms with Crippen LogP contribution in [0.2, 0.25) is 0 Å². The molecule has 0 fully saturated rings.